The van der Waals surface area contributed by atoms with Crippen LogP contribution in [0.25, 0.3) is 10.8 Å². The van der Waals surface area contributed by atoms with Gasteiger partial charge in [-0.3, -0.25) is 4.79 Å². The maximum absolute atomic E-state index is 12.5. The zero-order valence-corrected chi connectivity index (χ0v) is 13.7. The van der Waals surface area contributed by atoms with E-state index in [1.165, 1.54) is 16.3 Å². The number of hydrogen-bond donors (Lipinski definition) is 1. The van der Waals surface area contributed by atoms with Gasteiger partial charge in [0, 0.05) is 25.6 Å². The van der Waals surface area contributed by atoms with Crippen molar-refractivity contribution in [3.63, 3.8) is 0 Å². The second-order valence-corrected chi connectivity index (χ2v) is 6.10. The molecule has 1 amide bonds. The van der Waals surface area contributed by atoms with Crippen molar-refractivity contribution in [1.82, 2.24) is 4.90 Å². The molecular weight excluding hydrogens is 296 g/mol. The lowest BCUT2D eigenvalue weighted by Crippen LogP contribution is -2.32. The van der Waals surface area contributed by atoms with Crippen LogP contribution in [0.4, 0.5) is 0 Å². The van der Waals surface area contributed by atoms with Gasteiger partial charge < -0.3 is 10.6 Å². The SMILES string of the molecule is CN(Cc1cccc2ccccc12)C(=O)C1CCC(N)C1.Cl. The maximum Gasteiger partial charge on any atom is 0.225 e. The molecular formula is C18H23ClN2O. The van der Waals surface area contributed by atoms with E-state index in [-0.39, 0.29) is 30.3 Å². The Morgan fingerprint density at radius 1 is 1.18 bits per heavy atom. The number of rotatable bonds is 3. The van der Waals surface area contributed by atoms with Gasteiger partial charge in [-0.15, -0.1) is 12.4 Å². The first-order chi connectivity index (χ1) is 10.1. The van der Waals surface area contributed by atoms with E-state index in [0.717, 1.165) is 19.3 Å². The van der Waals surface area contributed by atoms with Gasteiger partial charge in [-0.2, -0.15) is 0 Å². The third-order valence-corrected chi connectivity index (χ3v) is 4.49. The van der Waals surface area contributed by atoms with Crippen LogP contribution >= 0.6 is 12.4 Å². The molecule has 2 N–H and O–H groups in total. The molecule has 4 heteroatoms. The number of nitrogens with zero attached hydrogens (tertiary/aromatic N) is 1. The molecule has 0 spiro atoms. The Morgan fingerprint density at radius 3 is 2.64 bits per heavy atom. The first kappa shape index (κ1) is 16.8. The predicted octanol–water partition coefficient (Wildman–Crippen LogP) is 3.35. The van der Waals surface area contributed by atoms with E-state index in [1.54, 1.807) is 0 Å². The van der Waals surface area contributed by atoms with Crippen LogP contribution in [0, 0.1) is 5.92 Å². The van der Waals surface area contributed by atoms with Crippen LogP contribution in [-0.2, 0) is 11.3 Å². The summed E-state index contributed by atoms with van der Waals surface area (Å²) in [7, 11) is 1.90. The second kappa shape index (κ2) is 7.12. The summed E-state index contributed by atoms with van der Waals surface area (Å²) in [6, 6.07) is 14.8. The third kappa shape index (κ3) is 3.42. The van der Waals surface area contributed by atoms with Gasteiger partial charge in [0.1, 0.15) is 0 Å². The average Bonchev–Trinajstić information content (AvgIpc) is 2.93. The molecule has 2 unspecified atom stereocenters. The van der Waals surface area contributed by atoms with Crippen molar-refractivity contribution >= 4 is 29.1 Å². The molecule has 2 atom stereocenters. The highest BCUT2D eigenvalue weighted by Gasteiger charge is 2.29. The number of benzene rings is 2. The van der Waals surface area contributed by atoms with Crippen molar-refractivity contribution in [3.05, 3.63) is 48.0 Å². The van der Waals surface area contributed by atoms with E-state index in [0.29, 0.717) is 6.54 Å². The number of fused-ring (bicyclic) bond motifs is 1. The number of halogens is 1. The van der Waals surface area contributed by atoms with Crippen LogP contribution in [0.3, 0.4) is 0 Å². The minimum atomic E-state index is 0. The number of nitrogens with two attached hydrogens (primary N) is 1. The molecule has 3 rings (SSSR count). The quantitative estimate of drug-likeness (QED) is 0.943. The first-order valence-electron chi connectivity index (χ1n) is 7.62. The van der Waals surface area contributed by atoms with Crippen LogP contribution in [0.2, 0.25) is 0 Å². The number of amides is 1. The van der Waals surface area contributed by atoms with Crippen LogP contribution in [0.15, 0.2) is 42.5 Å². The van der Waals surface area contributed by atoms with Crippen molar-refractivity contribution in [1.29, 1.82) is 0 Å². The Bertz CT molecular complexity index is 653. The van der Waals surface area contributed by atoms with E-state index in [2.05, 4.69) is 30.3 Å². The van der Waals surface area contributed by atoms with Gasteiger partial charge in [0.05, 0.1) is 0 Å². The van der Waals surface area contributed by atoms with E-state index in [4.69, 9.17) is 5.73 Å². The van der Waals surface area contributed by atoms with Gasteiger partial charge in [0.25, 0.3) is 0 Å². The fourth-order valence-corrected chi connectivity index (χ4v) is 3.32. The smallest absolute Gasteiger partial charge is 0.225 e. The minimum Gasteiger partial charge on any atom is -0.341 e. The Balaban J connectivity index is 0.00000176. The fourth-order valence-electron chi connectivity index (χ4n) is 3.32. The highest BCUT2D eigenvalue weighted by atomic mass is 35.5. The standard InChI is InChI=1S/C18H22N2O.ClH/c1-20(18(21)14-9-10-16(19)11-14)12-15-7-4-6-13-5-2-3-8-17(13)15;/h2-8,14,16H,9-12,19H2,1H3;1H. The maximum atomic E-state index is 12.5. The molecule has 118 valence electrons. The lowest BCUT2D eigenvalue weighted by molar-refractivity contribution is -0.134. The zero-order chi connectivity index (χ0) is 14.8. The minimum absolute atomic E-state index is 0. The highest BCUT2D eigenvalue weighted by molar-refractivity contribution is 5.86. The average molecular weight is 319 g/mol. The Kier molecular flexibility index (Phi) is 5.43. The van der Waals surface area contributed by atoms with E-state index in [1.807, 2.05) is 24.1 Å². The summed E-state index contributed by atoms with van der Waals surface area (Å²) in [6.45, 7) is 0.659. The largest absolute Gasteiger partial charge is 0.341 e. The summed E-state index contributed by atoms with van der Waals surface area (Å²) in [4.78, 5) is 14.4. The van der Waals surface area contributed by atoms with Gasteiger partial charge in [0.2, 0.25) is 5.91 Å². The molecule has 0 saturated heterocycles. The van der Waals surface area contributed by atoms with Crippen LogP contribution in [-0.4, -0.2) is 23.9 Å². The van der Waals surface area contributed by atoms with Crippen molar-refractivity contribution in [2.45, 2.75) is 31.8 Å². The Hall–Kier alpha value is -1.58. The van der Waals surface area contributed by atoms with E-state index < -0.39 is 0 Å². The molecule has 1 aliphatic rings. The first-order valence-corrected chi connectivity index (χ1v) is 7.62. The molecule has 1 aliphatic carbocycles. The molecule has 0 heterocycles. The van der Waals surface area contributed by atoms with Crippen molar-refractivity contribution < 1.29 is 4.79 Å². The Morgan fingerprint density at radius 2 is 1.91 bits per heavy atom. The lowest BCUT2D eigenvalue weighted by atomic mass is 10.0. The van der Waals surface area contributed by atoms with E-state index >= 15 is 0 Å². The molecule has 3 nitrogen and oxygen atoms in total. The summed E-state index contributed by atoms with van der Waals surface area (Å²) < 4.78 is 0. The van der Waals surface area contributed by atoms with Crippen molar-refractivity contribution in [2.75, 3.05) is 7.05 Å². The lowest BCUT2D eigenvalue weighted by Gasteiger charge is -2.22. The third-order valence-electron chi connectivity index (χ3n) is 4.49. The molecule has 0 aromatic heterocycles. The monoisotopic (exact) mass is 318 g/mol. The number of carbonyl (C=O) groups excluding carboxylic acids is 1. The number of hydrogen-bond acceptors (Lipinski definition) is 2. The van der Waals surface area contributed by atoms with Gasteiger partial charge in [-0.25, -0.2) is 0 Å². The van der Waals surface area contributed by atoms with Crippen molar-refractivity contribution in [2.24, 2.45) is 11.7 Å². The summed E-state index contributed by atoms with van der Waals surface area (Å²) in [5.41, 5.74) is 7.12. The van der Waals surface area contributed by atoms with Gasteiger partial charge in [0.15, 0.2) is 0 Å². The summed E-state index contributed by atoms with van der Waals surface area (Å²) in [5, 5.41) is 2.45. The van der Waals surface area contributed by atoms with Gasteiger partial charge in [-0.05, 0) is 35.6 Å². The van der Waals surface area contributed by atoms with Crippen LogP contribution < -0.4 is 5.73 Å². The summed E-state index contributed by atoms with van der Waals surface area (Å²) in [5.74, 6) is 0.343. The molecule has 0 bridgehead atoms. The highest BCUT2D eigenvalue weighted by Crippen LogP contribution is 2.27. The molecule has 2 aromatic carbocycles. The Labute approximate surface area is 137 Å². The molecule has 0 aliphatic heterocycles. The zero-order valence-electron chi connectivity index (χ0n) is 12.9. The number of carbonyl (C=O) groups is 1. The predicted molar refractivity (Wildman–Crippen MR) is 93.0 cm³/mol. The van der Waals surface area contributed by atoms with Gasteiger partial charge in [-0.1, -0.05) is 42.5 Å². The van der Waals surface area contributed by atoms with Crippen molar-refractivity contribution in [3.8, 4) is 0 Å². The summed E-state index contributed by atoms with van der Waals surface area (Å²) in [6.07, 6.45) is 2.73. The van der Waals surface area contributed by atoms with Gasteiger partial charge >= 0.3 is 0 Å². The normalized spacial score (nSPS) is 20.6. The summed E-state index contributed by atoms with van der Waals surface area (Å²) >= 11 is 0. The molecule has 1 saturated carbocycles. The topological polar surface area (TPSA) is 46.3 Å². The molecule has 22 heavy (non-hydrogen) atoms. The molecule has 0 radical (unpaired) electrons. The van der Waals surface area contributed by atoms with E-state index in [9.17, 15) is 4.79 Å². The molecule has 1 fully saturated rings. The van der Waals surface area contributed by atoms with Crippen LogP contribution in [0.1, 0.15) is 24.8 Å². The molecule has 2 aromatic rings. The second-order valence-electron chi connectivity index (χ2n) is 6.10. The van der Waals surface area contributed by atoms with Crippen LogP contribution in [0.5, 0.6) is 0 Å². The fraction of sp³-hybridized carbons (Fsp3) is 0.389.